The maximum atomic E-state index is 12.8. The minimum absolute atomic E-state index is 0.0396. The topological polar surface area (TPSA) is 111 Å². The molecule has 0 spiro atoms. The van der Waals surface area contributed by atoms with E-state index in [-0.39, 0.29) is 18.7 Å². The molecule has 0 aliphatic rings. The number of methoxy groups -OCH3 is 2. The first-order valence-corrected chi connectivity index (χ1v) is 10.9. The van der Waals surface area contributed by atoms with Gasteiger partial charge in [0.25, 0.3) is 0 Å². The summed E-state index contributed by atoms with van der Waals surface area (Å²) in [6.45, 7) is 1.87. The number of nitrogens with one attached hydrogen (secondary N) is 2. The zero-order chi connectivity index (χ0) is 22.4. The Kier molecular flexibility index (Phi) is 12.3. The maximum absolute atomic E-state index is 12.8. The van der Waals surface area contributed by atoms with Gasteiger partial charge in [-0.1, -0.05) is 37.3 Å². The summed E-state index contributed by atoms with van der Waals surface area (Å²) >= 11 is 1.50. The molecule has 0 heterocycles. The molecule has 0 bridgehead atoms. The summed E-state index contributed by atoms with van der Waals surface area (Å²) in [5.74, 6) is -0.882. The Morgan fingerprint density at radius 3 is 2.27 bits per heavy atom. The predicted molar refractivity (Wildman–Crippen MR) is 115 cm³/mol. The molecule has 0 aliphatic heterocycles. The predicted octanol–water partition coefficient (Wildman–Crippen LogP) is 1.82. The van der Waals surface area contributed by atoms with Gasteiger partial charge in [0.2, 0.25) is 11.8 Å². The molecular weight excluding hydrogens is 408 g/mol. The molecule has 1 aromatic rings. The van der Waals surface area contributed by atoms with Gasteiger partial charge in [0.15, 0.2) is 0 Å². The Morgan fingerprint density at radius 2 is 1.67 bits per heavy atom. The van der Waals surface area contributed by atoms with E-state index in [4.69, 9.17) is 4.74 Å². The highest BCUT2D eigenvalue weighted by atomic mass is 32.2. The zero-order valence-electron chi connectivity index (χ0n) is 17.6. The lowest BCUT2D eigenvalue weighted by atomic mass is 10.1. The van der Waals surface area contributed by atoms with Gasteiger partial charge in [-0.15, -0.1) is 0 Å². The van der Waals surface area contributed by atoms with Gasteiger partial charge in [-0.3, -0.25) is 14.4 Å². The summed E-state index contributed by atoms with van der Waals surface area (Å²) in [5, 5.41) is 5.32. The number of hydrogen-bond donors (Lipinski definition) is 2. The highest BCUT2D eigenvalue weighted by molar-refractivity contribution is 7.98. The van der Waals surface area contributed by atoms with Crippen molar-refractivity contribution in [2.75, 3.05) is 20.0 Å². The fourth-order valence-electron chi connectivity index (χ4n) is 2.57. The number of hydrogen-bond acceptors (Lipinski definition) is 7. The zero-order valence-corrected chi connectivity index (χ0v) is 18.5. The quantitative estimate of drug-likeness (QED) is 0.452. The van der Waals surface area contributed by atoms with Gasteiger partial charge in [0.05, 0.1) is 14.2 Å². The smallest absolute Gasteiger partial charge is 0.328 e. The van der Waals surface area contributed by atoms with E-state index >= 15 is 0 Å². The van der Waals surface area contributed by atoms with Crippen LogP contribution in [0.4, 0.5) is 0 Å². The molecule has 30 heavy (non-hydrogen) atoms. The Balaban J connectivity index is 2.77. The first-order chi connectivity index (χ1) is 14.4. The van der Waals surface area contributed by atoms with Crippen LogP contribution in [-0.2, 0) is 34.4 Å². The van der Waals surface area contributed by atoms with Crippen LogP contribution in [0.3, 0.4) is 0 Å². The normalized spacial score (nSPS) is 12.4. The van der Waals surface area contributed by atoms with Gasteiger partial charge in [0, 0.05) is 24.3 Å². The van der Waals surface area contributed by atoms with E-state index in [1.165, 1.54) is 26.0 Å². The van der Waals surface area contributed by atoms with Gasteiger partial charge in [-0.2, -0.15) is 11.8 Å². The lowest BCUT2D eigenvalue weighted by molar-refractivity contribution is -0.146. The van der Waals surface area contributed by atoms with E-state index in [0.29, 0.717) is 24.3 Å². The van der Waals surface area contributed by atoms with Crippen LogP contribution in [0.2, 0.25) is 0 Å². The van der Waals surface area contributed by atoms with E-state index in [2.05, 4.69) is 15.4 Å². The summed E-state index contributed by atoms with van der Waals surface area (Å²) < 4.78 is 9.30. The van der Waals surface area contributed by atoms with E-state index in [9.17, 15) is 19.2 Å². The van der Waals surface area contributed by atoms with Gasteiger partial charge >= 0.3 is 11.9 Å². The number of thioether (sulfide) groups is 1. The van der Waals surface area contributed by atoms with Gasteiger partial charge in [-0.25, -0.2) is 4.79 Å². The number of carbonyl (C=O) groups is 4. The van der Waals surface area contributed by atoms with Crippen LogP contribution >= 0.6 is 11.8 Å². The van der Waals surface area contributed by atoms with Crippen molar-refractivity contribution in [3.63, 3.8) is 0 Å². The van der Waals surface area contributed by atoms with Crippen LogP contribution in [0, 0.1) is 0 Å². The minimum atomic E-state index is -1.01. The molecule has 0 saturated carbocycles. The summed E-state index contributed by atoms with van der Waals surface area (Å²) in [5.41, 5.74) is 1.10. The molecule has 0 saturated heterocycles. The van der Waals surface area contributed by atoms with Crippen molar-refractivity contribution in [3.05, 3.63) is 35.9 Å². The third-order valence-electron chi connectivity index (χ3n) is 4.19. The molecule has 2 N–H and O–H groups in total. The Bertz CT molecular complexity index is 698. The summed E-state index contributed by atoms with van der Waals surface area (Å²) in [6, 6.07) is 7.94. The SMILES string of the molecule is CCCC(=O)NC(CSCc1ccccc1)C(=O)NC(CCC(=O)OC)C(=O)OC. The van der Waals surface area contributed by atoms with Crippen LogP contribution in [0.5, 0.6) is 0 Å². The number of benzene rings is 1. The molecule has 8 nitrogen and oxygen atoms in total. The van der Waals surface area contributed by atoms with E-state index < -0.39 is 29.9 Å². The van der Waals surface area contributed by atoms with Crippen molar-refractivity contribution in [1.29, 1.82) is 0 Å². The molecule has 0 aliphatic carbocycles. The monoisotopic (exact) mass is 438 g/mol. The number of rotatable bonds is 13. The standard InChI is InChI=1S/C21H30N2O6S/c1-4-8-18(24)22-17(14-30-13-15-9-6-5-7-10-15)20(26)23-16(21(27)29-3)11-12-19(25)28-2/h5-7,9-10,16-17H,4,8,11-14H2,1-3H3,(H,22,24)(H,23,26). The van der Waals surface area contributed by atoms with Gasteiger partial charge in [0.1, 0.15) is 12.1 Å². The number of ether oxygens (including phenoxy) is 2. The second-order valence-electron chi connectivity index (χ2n) is 6.57. The average molecular weight is 439 g/mol. The Morgan fingerprint density at radius 1 is 0.967 bits per heavy atom. The summed E-state index contributed by atoms with van der Waals surface area (Å²) in [4.78, 5) is 48.3. The third-order valence-corrected chi connectivity index (χ3v) is 5.30. The molecule has 166 valence electrons. The largest absolute Gasteiger partial charge is 0.469 e. The molecule has 0 fully saturated rings. The van der Waals surface area contributed by atoms with Crippen molar-refractivity contribution in [2.45, 2.75) is 50.4 Å². The van der Waals surface area contributed by atoms with Crippen LogP contribution in [-0.4, -0.2) is 55.8 Å². The second-order valence-corrected chi connectivity index (χ2v) is 7.60. The molecule has 1 rings (SSSR count). The first-order valence-electron chi connectivity index (χ1n) is 9.77. The number of amides is 2. The van der Waals surface area contributed by atoms with Crippen LogP contribution in [0.15, 0.2) is 30.3 Å². The third kappa shape index (κ3) is 9.78. The van der Waals surface area contributed by atoms with Crippen LogP contribution < -0.4 is 10.6 Å². The molecule has 2 amide bonds. The number of esters is 2. The second kappa shape index (κ2) is 14.4. The fourth-order valence-corrected chi connectivity index (χ4v) is 3.59. The summed E-state index contributed by atoms with van der Waals surface area (Å²) in [7, 11) is 2.45. The minimum Gasteiger partial charge on any atom is -0.469 e. The molecular formula is C21H30N2O6S. The van der Waals surface area contributed by atoms with Crippen molar-refractivity contribution >= 4 is 35.5 Å². The molecule has 2 atom stereocenters. The highest BCUT2D eigenvalue weighted by Crippen LogP contribution is 2.13. The van der Waals surface area contributed by atoms with Gasteiger partial charge < -0.3 is 20.1 Å². The first kappa shape index (κ1) is 25.5. The molecule has 2 unspecified atom stereocenters. The average Bonchev–Trinajstić information content (AvgIpc) is 2.75. The van der Waals surface area contributed by atoms with E-state index in [1.807, 2.05) is 37.3 Å². The van der Waals surface area contributed by atoms with E-state index in [1.54, 1.807) is 0 Å². The highest BCUT2D eigenvalue weighted by Gasteiger charge is 2.27. The molecule has 0 aromatic heterocycles. The van der Waals surface area contributed by atoms with Crippen molar-refractivity contribution < 1.29 is 28.7 Å². The number of carbonyl (C=O) groups excluding carboxylic acids is 4. The van der Waals surface area contributed by atoms with Crippen molar-refractivity contribution in [2.24, 2.45) is 0 Å². The molecule has 0 radical (unpaired) electrons. The Labute approximate surface area is 181 Å². The Hall–Kier alpha value is -2.55. The summed E-state index contributed by atoms with van der Waals surface area (Å²) in [6.07, 6.45) is 0.946. The lowest BCUT2D eigenvalue weighted by Crippen LogP contribution is -2.53. The van der Waals surface area contributed by atoms with Crippen LogP contribution in [0.25, 0.3) is 0 Å². The molecule has 9 heteroatoms. The maximum Gasteiger partial charge on any atom is 0.328 e. The van der Waals surface area contributed by atoms with Crippen molar-refractivity contribution in [3.8, 4) is 0 Å². The molecule has 1 aromatic carbocycles. The van der Waals surface area contributed by atoms with E-state index in [0.717, 1.165) is 5.56 Å². The van der Waals surface area contributed by atoms with Crippen molar-refractivity contribution in [1.82, 2.24) is 10.6 Å². The van der Waals surface area contributed by atoms with Gasteiger partial charge in [-0.05, 0) is 18.4 Å². The lowest BCUT2D eigenvalue weighted by Gasteiger charge is -2.22. The fraction of sp³-hybridized carbons (Fsp3) is 0.524. The van der Waals surface area contributed by atoms with Crippen LogP contribution in [0.1, 0.15) is 38.2 Å².